The summed E-state index contributed by atoms with van der Waals surface area (Å²) in [6.07, 6.45) is 1.76. The molecular formula is C26H35N7O6. The molecule has 13 heteroatoms. The van der Waals surface area contributed by atoms with Crippen LogP contribution in [0.1, 0.15) is 44.4 Å². The number of hydrogen-bond donors (Lipinski definition) is 4. The number of aldehydes is 1. The van der Waals surface area contributed by atoms with E-state index >= 15 is 0 Å². The lowest BCUT2D eigenvalue weighted by Crippen LogP contribution is -2.56. The topological polar surface area (TPSA) is 173 Å². The maximum absolute atomic E-state index is 13.4. The van der Waals surface area contributed by atoms with Crippen molar-refractivity contribution in [3.63, 3.8) is 0 Å². The van der Waals surface area contributed by atoms with E-state index < -0.39 is 36.0 Å². The number of benzene rings is 1. The van der Waals surface area contributed by atoms with Crippen LogP contribution in [-0.2, 0) is 43.5 Å². The van der Waals surface area contributed by atoms with E-state index in [1.54, 1.807) is 18.3 Å². The fourth-order valence-electron chi connectivity index (χ4n) is 3.98. The Hall–Kier alpha value is -4.29. The van der Waals surface area contributed by atoms with E-state index in [-0.39, 0.29) is 50.7 Å². The quantitative estimate of drug-likeness (QED) is 0.376. The van der Waals surface area contributed by atoms with E-state index in [0.29, 0.717) is 18.5 Å². The third-order valence-electron chi connectivity index (χ3n) is 6.00. The first-order valence-electron chi connectivity index (χ1n) is 12.9. The zero-order valence-corrected chi connectivity index (χ0v) is 22.1. The van der Waals surface area contributed by atoms with Gasteiger partial charge in [-0.25, -0.2) is 4.79 Å². The third kappa shape index (κ3) is 9.83. The second-order valence-electron chi connectivity index (χ2n) is 9.77. The van der Waals surface area contributed by atoms with E-state index in [9.17, 15) is 24.0 Å². The van der Waals surface area contributed by atoms with Gasteiger partial charge in [-0.1, -0.05) is 49.4 Å². The van der Waals surface area contributed by atoms with E-state index in [1.165, 1.54) is 4.68 Å². The largest absolute Gasteiger partial charge is 0.445 e. The highest BCUT2D eigenvalue weighted by molar-refractivity contribution is 5.92. The van der Waals surface area contributed by atoms with Crippen molar-refractivity contribution < 1.29 is 28.7 Å². The van der Waals surface area contributed by atoms with Crippen molar-refractivity contribution in [1.29, 1.82) is 0 Å². The van der Waals surface area contributed by atoms with Gasteiger partial charge in [-0.15, -0.1) is 5.10 Å². The Morgan fingerprint density at radius 3 is 2.67 bits per heavy atom. The predicted molar refractivity (Wildman–Crippen MR) is 139 cm³/mol. The zero-order valence-electron chi connectivity index (χ0n) is 22.1. The Labute approximate surface area is 226 Å². The molecule has 0 spiro atoms. The minimum absolute atomic E-state index is 0.00831. The molecule has 2 heterocycles. The summed E-state index contributed by atoms with van der Waals surface area (Å²) < 4.78 is 6.80. The summed E-state index contributed by atoms with van der Waals surface area (Å²) in [5, 5.41) is 18.7. The van der Waals surface area contributed by atoms with Crippen LogP contribution in [0, 0.1) is 5.92 Å². The molecule has 1 aromatic heterocycles. The highest BCUT2D eigenvalue weighted by atomic mass is 16.5. The number of nitrogens with zero attached hydrogens (tertiary/aromatic N) is 3. The number of carbonyl (C=O) groups is 5. The molecule has 0 saturated carbocycles. The van der Waals surface area contributed by atoms with Crippen molar-refractivity contribution in [3.05, 3.63) is 47.8 Å². The number of rotatable bonds is 6. The normalized spacial score (nSPS) is 21.2. The maximum Gasteiger partial charge on any atom is 0.408 e. The minimum atomic E-state index is -1.13. The van der Waals surface area contributed by atoms with Crippen molar-refractivity contribution in [3.8, 4) is 0 Å². The Morgan fingerprint density at radius 1 is 1.18 bits per heavy atom. The first-order valence-corrected chi connectivity index (χ1v) is 12.9. The molecule has 1 aliphatic rings. The lowest BCUT2D eigenvalue weighted by molar-refractivity contribution is -0.131. The number of hydrogen-bond acceptors (Lipinski definition) is 8. The van der Waals surface area contributed by atoms with Crippen LogP contribution in [0.15, 0.2) is 36.5 Å². The van der Waals surface area contributed by atoms with Gasteiger partial charge in [0.25, 0.3) is 0 Å². The molecule has 0 saturated heterocycles. The lowest BCUT2D eigenvalue weighted by Gasteiger charge is -2.25. The molecule has 210 valence electrons. The van der Waals surface area contributed by atoms with E-state index in [4.69, 9.17) is 4.74 Å². The van der Waals surface area contributed by atoms with Crippen molar-refractivity contribution in [2.45, 2.75) is 70.8 Å². The second-order valence-corrected chi connectivity index (χ2v) is 9.77. The average Bonchev–Trinajstić information content (AvgIpc) is 3.35. The summed E-state index contributed by atoms with van der Waals surface area (Å²) in [7, 11) is 0. The number of alkyl carbamates (subject to hydrolysis) is 1. The van der Waals surface area contributed by atoms with Crippen LogP contribution >= 0.6 is 0 Å². The minimum Gasteiger partial charge on any atom is -0.445 e. The molecule has 13 nitrogen and oxygen atoms in total. The summed E-state index contributed by atoms with van der Waals surface area (Å²) in [6, 6.07) is 6.08. The van der Waals surface area contributed by atoms with Crippen LogP contribution in [0.2, 0.25) is 0 Å². The van der Waals surface area contributed by atoms with E-state index in [1.807, 2.05) is 32.0 Å². The molecule has 3 rings (SSSR count). The molecule has 39 heavy (non-hydrogen) atoms. The number of aromatic nitrogens is 3. The molecule has 0 fully saturated rings. The highest BCUT2D eigenvalue weighted by Crippen LogP contribution is 2.09. The first kappa shape index (κ1) is 29.3. The predicted octanol–water partition coefficient (Wildman–Crippen LogP) is 0.240. The molecule has 4 amide bonds. The first-order chi connectivity index (χ1) is 18.7. The van der Waals surface area contributed by atoms with Gasteiger partial charge in [0.15, 0.2) is 0 Å². The molecule has 2 aromatic rings. The Morgan fingerprint density at radius 2 is 1.95 bits per heavy atom. The second kappa shape index (κ2) is 14.6. The lowest BCUT2D eigenvalue weighted by atomic mass is 10.0. The van der Waals surface area contributed by atoms with E-state index in [0.717, 1.165) is 5.56 Å². The maximum atomic E-state index is 13.4. The summed E-state index contributed by atoms with van der Waals surface area (Å²) in [6.45, 7) is 4.38. The van der Waals surface area contributed by atoms with Crippen molar-refractivity contribution in [2.24, 2.45) is 5.92 Å². The number of carbonyl (C=O) groups excluding carboxylic acids is 5. The number of fused-ring (bicyclic) bond motifs is 2. The van der Waals surface area contributed by atoms with Crippen LogP contribution in [0.3, 0.4) is 0 Å². The molecule has 0 radical (unpaired) electrons. The summed E-state index contributed by atoms with van der Waals surface area (Å²) in [5.41, 5.74) is 1.19. The highest BCUT2D eigenvalue weighted by Gasteiger charge is 2.30. The molecule has 0 aliphatic carbocycles. The van der Waals surface area contributed by atoms with Crippen molar-refractivity contribution >= 4 is 30.1 Å². The third-order valence-corrected chi connectivity index (χ3v) is 6.00. The Balaban J connectivity index is 1.81. The van der Waals surface area contributed by atoms with Gasteiger partial charge in [-0.05, 0) is 24.3 Å². The number of nitrogens with one attached hydrogen (secondary N) is 4. The zero-order chi connectivity index (χ0) is 28.2. The van der Waals surface area contributed by atoms with Crippen LogP contribution in [-0.4, -0.2) is 69.8 Å². The summed E-state index contributed by atoms with van der Waals surface area (Å²) in [4.78, 5) is 62.8. The molecule has 3 unspecified atom stereocenters. The average molecular weight is 542 g/mol. The molecule has 2 bridgehead atoms. The Bertz CT molecular complexity index is 1140. The van der Waals surface area contributed by atoms with E-state index in [2.05, 4.69) is 31.6 Å². The van der Waals surface area contributed by atoms with Gasteiger partial charge >= 0.3 is 6.09 Å². The smallest absolute Gasteiger partial charge is 0.408 e. The van der Waals surface area contributed by atoms with Gasteiger partial charge in [-0.3, -0.25) is 19.1 Å². The number of ether oxygens (including phenoxy) is 1. The fourth-order valence-corrected chi connectivity index (χ4v) is 3.98. The SMILES string of the molecule is CC(C)CC1NC(=O)C(NC(=O)OCc2ccccc2)Cc2cn(nn2)CCNC(=O)CCC(C=O)NC1=O. The van der Waals surface area contributed by atoms with Gasteiger partial charge in [-0.2, -0.15) is 0 Å². The Kier molecular flexibility index (Phi) is 11.0. The van der Waals surface area contributed by atoms with Gasteiger partial charge < -0.3 is 30.8 Å². The standard InChI is InChI=1S/C26H35N7O6/c1-17(2)12-21-24(36)28-19(15-34)8-9-23(35)27-10-11-33-14-20(31-32-33)13-22(25(37)29-21)30-26(38)39-16-18-6-4-3-5-7-18/h3-7,14-15,17,19,21-22H,8-13,16H2,1-2H3,(H,27,35)(H,28,36)(H,29,37)(H,30,38). The molecule has 4 N–H and O–H groups in total. The fraction of sp³-hybridized carbons (Fsp3) is 0.500. The van der Waals surface area contributed by atoms with Crippen LogP contribution in [0.5, 0.6) is 0 Å². The van der Waals surface area contributed by atoms with Crippen LogP contribution < -0.4 is 21.3 Å². The van der Waals surface area contributed by atoms with Crippen LogP contribution in [0.25, 0.3) is 0 Å². The van der Waals surface area contributed by atoms with Gasteiger partial charge in [0.2, 0.25) is 17.7 Å². The van der Waals surface area contributed by atoms with Gasteiger partial charge in [0, 0.05) is 25.6 Å². The van der Waals surface area contributed by atoms with Crippen LogP contribution in [0.4, 0.5) is 4.79 Å². The number of amides is 4. The van der Waals surface area contributed by atoms with Gasteiger partial charge in [0.05, 0.1) is 18.3 Å². The summed E-state index contributed by atoms with van der Waals surface area (Å²) in [5.74, 6) is -1.43. The van der Waals surface area contributed by atoms with Crippen molar-refractivity contribution in [1.82, 2.24) is 36.3 Å². The molecule has 1 aromatic carbocycles. The van der Waals surface area contributed by atoms with Crippen molar-refractivity contribution in [2.75, 3.05) is 6.54 Å². The molecular weight excluding hydrogens is 506 g/mol. The summed E-state index contributed by atoms with van der Waals surface area (Å²) >= 11 is 0. The molecule has 3 atom stereocenters. The monoisotopic (exact) mass is 541 g/mol. The van der Waals surface area contributed by atoms with Gasteiger partial charge in [0.1, 0.15) is 25.0 Å². The molecule has 1 aliphatic heterocycles.